The Morgan fingerprint density at radius 1 is 1.14 bits per heavy atom. The van der Waals surface area contributed by atoms with E-state index in [9.17, 15) is 9.59 Å². The van der Waals surface area contributed by atoms with Gasteiger partial charge >= 0.3 is 5.97 Å². The lowest BCUT2D eigenvalue weighted by molar-refractivity contribution is -0.121. The first-order valence-electron chi connectivity index (χ1n) is 11.7. The third kappa shape index (κ3) is 6.05. The van der Waals surface area contributed by atoms with E-state index in [0.717, 1.165) is 42.8 Å². The molecular weight excluding hydrogens is 448 g/mol. The van der Waals surface area contributed by atoms with Crippen LogP contribution in [0, 0.1) is 12.8 Å². The molecule has 0 spiro atoms. The number of nitrogens with zero attached hydrogens (tertiary/aromatic N) is 3. The number of rotatable bonds is 8. The van der Waals surface area contributed by atoms with Crippen LogP contribution in [0.4, 0.5) is 5.69 Å². The van der Waals surface area contributed by atoms with Crippen molar-refractivity contribution in [1.82, 2.24) is 15.0 Å². The van der Waals surface area contributed by atoms with Gasteiger partial charge in [0.15, 0.2) is 0 Å². The Morgan fingerprint density at radius 2 is 1.89 bits per heavy atom. The molecule has 1 saturated heterocycles. The van der Waals surface area contributed by atoms with Gasteiger partial charge in [0.1, 0.15) is 5.75 Å². The molecule has 0 radical (unpaired) electrons. The summed E-state index contributed by atoms with van der Waals surface area (Å²) in [4.78, 5) is 31.5. The number of carbonyl (C=O) groups excluding carboxylic acids is 2. The number of piperidine rings is 1. The Hall–Kier alpha value is -3.72. The summed E-state index contributed by atoms with van der Waals surface area (Å²) in [6.07, 6.45) is 1.48. The molecule has 184 valence electrons. The van der Waals surface area contributed by atoms with Crippen LogP contribution < -0.4 is 10.1 Å². The standard InChI is InChI=1S/C26H30N4O5/c1-4-34-26(32)20-7-10-22(17(2)15-20)27-25(31)19-11-13-30(14-12-19)16-23-28-24(29-35-23)18-5-8-21(33-3)9-6-18/h5-10,15,19H,4,11-14,16H2,1-3H3,(H,27,31). The van der Waals surface area contributed by atoms with E-state index >= 15 is 0 Å². The van der Waals surface area contributed by atoms with Gasteiger partial charge in [-0.15, -0.1) is 0 Å². The van der Waals surface area contributed by atoms with E-state index in [1.165, 1.54) is 0 Å². The van der Waals surface area contributed by atoms with Crippen LogP contribution in [0.25, 0.3) is 11.4 Å². The molecule has 3 aromatic rings. The van der Waals surface area contributed by atoms with Crippen LogP contribution in [0.1, 0.15) is 41.6 Å². The van der Waals surface area contributed by atoms with Crippen LogP contribution in [-0.4, -0.2) is 53.7 Å². The molecule has 35 heavy (non-hydrogen) atoms. The van der Waals surface area contributed by atoms with Gasteiger partial charge in [-0.2, -0.15) is 4.98 Å². The molecule has 0 aliphatic carbocycles. The Bertz CT molecular complexity index is 1170. The normalized spacial score (nSPS) is 14.5. The van der Waals surface area contributed by atoms with Crippen molar-refractivity contribution in [3.05, 3.63) is 59.5 Å². The molecule has 1 amide bonds. The molecule has 1 aliphatic heterocycles. The van der Waals surface area contributed by atoms with Crippen molar-refractivity contribution >= 4 is 17.6 Å². The van der Waals surface area contributed by atoms with Gasteiger partial charge in [-0.05, 0) is 87.8 Å². The van der Waals surface area contributed by atoms with Crippen LogP contribution in [-0.2, 0) is 16.1 Å². The minimum absolute atomic E-state index is 0.00350. The van der Waals surface area contributed by atoms with Crippen molar-refractivity contribution < 1.29 is 23.6 Å². The second-order valence-electron chi connectivity index (χ2n) is 8.53. The lowest BCUT2D eigenvalue weighted by Crippen LogP contribution is -2.37. The van der Waals surface area contributed by atoms with Crippen molar-refractivity contribution in [2.45, 2.75) is 33.2 Å². The summed E-state index contributed by atoms with van der Waals surface area (Å²) in [7, 11) is 1.62. The van der Waals surface area contributed by atoms with E-state index in [4.69, 9.17) is 14.0 Å². The molecule has 4 rings (SSSR count). The summed E-state index contributed by atoms with van der Waals surface area (Å²) in [5.41, 5.74) is 2.88. The Kier molecular flexibility index (Phi) is 7.77. The average molecular weight is 479 g/mol. The first-order chi connectivity index (χ1) is 17.0. The number of benzene rings is 2. The molecular formula is C26H30N4O5. The molecule has 0 saturated carbocycles. The first kappa shape index (κ1) is 24.4. The van der Waals surface area contributed by atoms with Crippen molar-refractivity contribution in [3.8, 4) is 17.1 Å². The number of anilines is 1. The van der Waals surface area contributed by atoms with Crippen molar-refractivity contribution in [3.63, 3.8) is 0 Å². The fraction of sp³-hybridized carbons (Fsp3) is 0.385. The maximum absolute atomic E-state index is 12.8. The molecule has 1 N–H and O–H groups in total. The van der Waals surface area contributed by atoms with E-state index in [-0.39, 0.29) is 17.8 Å². The molecule has 9 nitrogen and oxygen atoms in total. The molecule has 2 heterocycles. The fourth-order valence-corrected chi connectivity index (χ4v) is 4.10. The molecule has 1 fully saturated rings. The highest BCUT2D eigenvalue weighted by atomic mass is 16.5. The summed E-state index contributed by atoms with van der Waals surface area (Å²) in [5.74, 6) is 1.42. The molecule has 0 unspecified atom stereocenters. The molecule has 0 atom stereocenters. The molecule has 0 bridgehead atoms. The van der Waals surface area contributed by atoms with Crippen LogP contribution in [0.3, 0.4) is 0 Å². The van der Waals surface area contributed by atoms with E-state index in [1.807, 2.05) is 31.2 Å². The lowest BCUT2D eigenvalue weighted by Gasteiger charge is -2.30. The number of methoxy groups -OCH3 is 1. The largest absolute Gasteiger partial charge is 0.497 e. The third-order valence-corrected chi connectivity index (χ3v) is 6.13. The topological polar surface area (TPSA) is 107 Å². The number of carbonyl (C=O) groups is 2. The molecule has 1 aromatic heterocycles. The highest BCUT2D eigenvalue weighted by Crippen LogP contribution is 2.24. The van der Waals surface area contributed by atoms with Crippen molar-refractivity contribution in [2.24, 2.45) is 5.92 Å². The molecule has 1 aliphatic rings. The number of nitrogens with one attached hydrogen (secondary N) is 1. The highest BCUT2D eigenvalue weighted by Gasteiger charge is 2.26. The Morgan fingerprint density at radius 3 is 2.54 bits per heavy atom. The van der Waals surface area contributed by atoms with E-state index in [2.05, 4.69) is 20.4 Å². The van der Waals surface area contributed by atoms with Crippen LogP contribution in [0.15, 0.2) is 47.0 Å². The van der Waals surface area contributed by atoms with E-state index < -0.39 is 0 Å². The van der Waals surface area contributed by atoms with Gasteiger partial charge in [-0.1, -0.05) is 5.16 Å². The Labute approximate surface area is 204 Å². The number of ether oxygens (including phenoxy) is 2. The Balaban J connectivity index is 1.27. The number of esters is 1. The number of aromatic nitrogens is 2. The van der Waals surface area contributed by atoms with Gasteiger partial charge in [-0.3, -0.25) is 9.69 Å². The SMILES string of the molecule is CCOC(=O)c1ccc(NC(=O)C2CCN(Cc3nc(-c4ccc(OC)cc4)no3)CC2)c(C)c1. The summed E-state index contributed by atoms with van der Waals surface area (Å²) in [6, 6.07) is 12.7. The van der Waals surface area contributed by atoms with Gasteiger partial charge < -0.3 is 19.3 Å². The quantitative estimate of drug-likeness (QED) is 0.483. The number of hydrogen-bond acceptors (Lipinski definition) is 8. The first-order valence-corrected chi connectivity index (χ1v) is 11.7. The smallest absolute Gasteiger partial charge is 0.338 e. The zero-order valence-corrected chi connectivity index (χ0v) is 20.2. The number of hydrogen-bond donors (Lipinski definition) is 1. The number of likely N-dealkylation sites (tertiary alicyclic amines) is 1. The van der Waals surface area contributed by atoms with Crippen LogP contribution >= 0.6 is 0 Å². The second kappa shape index (κ2) is 11.1. The van der Waals surface area contributed by atoms with Gasteiger partial charge in [0, 0.05) is 17.2 Å². The number of aryl methyl sites for hydroxylation is 1. The summed E-state index contributed by atoms with van der Waals surface area (Å²) in [5, 5.41) is 7.10. The second-order valence-corrected chi connectivity index (χ2v) is 8.53. The summed E-state index contributed by atoms with van der Waals surface area (Å²) >= 11 is 0. The zero-order chi connectivity index (χ0) is 24.8. The predicted molar refractivity (Wildman–Crippen MR) is 130 cm³/mol. The highest BCUT2D eigenvalue weighted by molar-refractivity contribution is 5.95. The van der Waals surface area contributed by atoms with E-state index in [1.54, 1.807) is 32.2 Å². The van der Waals surface area contributed by atoms with Gasteiger partial charge in [0.2, 0.25) is 17.6 Å². The predicted octanol–water partition coefficient (Wildman–Crippen LogP) is 4.08. The van der Waals surface area contributed by atoms with Gasteiger partial charge in [0.25, 0.3) is 0 Å². The minimum Gasteiger partial charge on any atom is -0.497 e. The third-order valence-electron chi connectivity index (χ3n) is 6.13. The van der Waals surface area contributed by atoms with E-state index in [0.29, 0.717) is 36.1 Å². The lowest BCUT2D eigenvalue weighted by atomic mass is 9.95. The zero-order valence-electron chi connectivity index (χ0n) is 20.2. The van der Waals surface area contributed by atoms with Crippen LogP contribution in [0.2, 0.25) is 0 Å². The van der Waals surface area contributed by atoms with Crippen molar-refractivity contribution in [2.75, 3.05) is 32.1 Å². The number of amides is 1. The van der Waals surface area contributed by atoms with Gasteiger partial charge in [-0.25, -0.2) is 4.79 Å². The van der Waals surface area contributed by atoms with Gasteiger partial charge in [0.05, 0.1) is 25.8 Å². The average Bonchev–Trinajstić information content (AvgIpc) is 3.34. The summed E-state index contributed by atoms with van der Waals surface area (Å²) in [6.45, 7) is 6.04. The molecule has 2 aromatic carbocycles. The fourth-order valence-electron chi connectivity index (χ4n) is 4.10. The minimum atomic E-state index is -0.363. The monoisotopic (exact) mass is 478 g/mol. The maximum Gasteiger partial charge on any atom is 0.338 e. The molecule has 9 heteroatoms. The maximum atomic E-state index is 12.8. The van der Waals surface area contributed by atoms with Crippen LogP contribution in [0.5, 0.6) is 5.75 Å². The van der Waals surface area contributed by atoms with Crippen molar-refractivity contribution in [1.29, 1.82) is 0 Å². The summed E-state index contributed by atoms with van der Waals surface area (Å²) < 4.78 is 15.7.